The number of hydrogen-bond acceptors (Lipinski definition) is 2. The zero-order valence-electron chi connectivity index (χ0n) is 7.32. The molecule has 0 aromatic rings. The van der Waals surface area contributed by atoms with Crippen molar-refractivity contribution in [2.45, 2.75) is 32.8 Å². The van der Waals surface area contributed by atoms with E-state index in [0.717, 1.165) is 13.3 Å². The molecule has 0 aliphatic carbocycles. The summed E-state index contributed by atoms with van der Waals surface area (Å²) in [5.74, 6) is 0. The number of nitrogens with zero attached hydrogens (tertiary/aromatic N) is 1. The van der Waals surface area contributed by atoms with Gasteiger partial charge in [0, 0.05) is 0 Å². The van der Waals surface area contributed by atoms with Gasteiger partial charge in [-0.2, -0.15) is 0 Å². The summed E-state index contributed by atoms with van der Waals surface area (Å²) in [4.78, 5) is 4.85. The molecule has 0 saturated carbocycles. The summed E-state index contributed by atoms with van der Waals surface area (Å²) in [6.45, 7) is 4.72. The minimum atomic E-state index is -1.58. The Morgan fingerprint density at radius 2 is 1.92 bits per heavy atom. The SMILES string of the molecule is CC1(C)C[C-]=NO1.C[C-](F)F.[U+2]. The van der Waals surface area contributed by atoms with Crippen LogP contribution in [-0.4, -0.2) is 11.8 Å². The average molecular weight is 401 g/mol. The largest absolute Gasteiger partial charge is 2.00 e. The van der Waals surface area contributed by atoms with Crippen LogP contribution in [0.4, 0.5) is 8.78 Å². The first-order valence-electron chi connectivity index (χ1n) is 3.20. The molecule has 2 nitrogen and oxygen atoms in total. The molecule has 0 N–H and O–H groups in total. The fraction of sp³-hybridized carbons (Fsp3) is 0.714. The Bertz CT molecular complexity index is 127. The second-order valence-corrected chi connectivity index (χ2v) is 2.73. The van der Waals surface area contributed by atoms with E-state index in [9.17, 15) is 8.78 Å². The van der Waals surface area contributed by atoms with Gasteiger partial charge in [0.25, 0.3) is 0 Å². The molecule has 0 amide bonds. The van der Waals surface area contributed by atoms with Gasteiger partial charge in [0.2, 0.25) is 0 Å². The van der Waals surface area contributed by atoms with E-state index in [1.165, 1.54) is 0 Å². The van der Waals surface area contributed by atoms with Crippen LogP contribution in [0.25, 0.3) is 0 Å². The molecule has 68 valence electrons. The first kappa shape index (κ1) is 14.9. The number of halogens is 2. The Balaban J connectivity index is 0. The van der Waals surface area contributed by atoms with E-state index in [2.05, 4.69) is 11.4 Å². The van der Waals surface area contributed by atoms with E-state index < -0.39 is 6.43 Å². The van der Waals surface area contributed by atoms with Crippen LogP contribution < -0.4 is 0 Å². The second kappa shape index (κ2) is 6.85. The summed E-state index contributed by atoms with van der Waals surface area (Å²) < 4.78 is 20.5. The summed E-state index contributed by atoms with van der Waals surface area (Å²) in [5, 5.41) is 3.49. The van der Waals surface area contributed by atoms with Gasteiger partial charge in [0.15, 0.2) is 0 Å². The Morgan fingerprint density at radius 1 is 1.50 bits per heavy atom. The Hall–Kier alpha value is 0.382. The first-order valence-corrected chi connectivity index (χ1v) is 3.20. The van der Waals surface area contributed by atoms with Gasteiger partial charge in [0.05, 0.1) is 0 Å². The third-order valence-corrected chi connectivity index (χ3v) is 0.862. The molecule has 0 atom stereocenters. The fourth-order valence-electron chi connectivity index (χ4n) is 0.411. The molecule has 0 saturated heterocycles. The number of hydrogen-bond donors (Lipinski definition) is 0. The second-order valence-electron chi connectivity index (χ2n) is 2.73. The molecule has 0 bridgehead atoms. The van der Waals surface area contributed by atoms with Gasteiger partial charge in [-0.1, -0.05) is 0 Å². The van der Waals surface area contributed by atoms with Crippen LogP contribution in [0.5, 0.6) is 0 Å². The van der Waals surface area contributed by atoms with E-state index in [0.29, 0.717) is 0 Å². The van der Waals surface area contributed by atoms with Gasteiger partial charge in [-0.3, -0.25) is 0 Å². The fourth-order valence-corrected chi connectivity index (χ4v) is 0.411. The van der Waals surface area contributed by atoms with E-state index in [-0.39, 0.29) is 36.7 Å². The molecular weight excluding hydrogens is 390 g/mol. The summed E-state index contributed by atoms with van der Waals surface area (Å²) in [7, 11) is 0. The van der Waals surface area contributed by atoms with Gasteiger partial charge >= 0.3 is 31.1 Å². The molecule has 0 aromatic carbocycles. The molecule has 12 heavy (non-hydrogen) atoms. The summed E-state index contributed by atoms with van der Waals surface area (Å²) >= 11 is 0. The maximum Gasteiger partial charge on any atom is 2.00 e. The predicted octanol–water partition coefficient (Wildman–Crippen LogP) is 2.48. The van der Waals surface area contributed by atoms with E-state index in [1.807, 2.05) is 13.8 Å². The van der Waals surface area contributed by atoms with Gasteiger partial charge in [-0.15, -0.1) is 13.3 Å². The van der Waals surface area contributed by atoms with Crippen molar-refractivity contribution in [1.29, 1.82) is 0 Å². The monoisotopic (exact) mass is 401 g/mol. The molecule has 1 heterocycles. The first-order chi connectivity index (χ1) is 4.94. The smallest absolute Gasteiger partial charge is 0.429 e. The number of rotatable bonds is 0. The van der Waals surface area contributed by atoms with Crippen molar-refractivity contribution in [2.75, 3.05) is 0 Å². The zero-order valence-corrected chi connectivity index (χ0v) is 11.5. The Kier molecular flexibility index (Phi) is 8.50. The standard InChI is InChI=1S/C5H8NO.C2H3F2.U/c1-5(2)3-4-6-7-5;1-2(3)4;/h3H2,1-2H3;1H3;/q2*-1;+2. The van der Waals surface area contributed by atoms with Crippen LogP contribution in [0.1, 0.15) is 27.2 Å². The molecule has 0 radical (unpaired) electrons. The predicted molar refractivity (Wildman–Crippen MR) is 38.3 cm³/mol. The molecule has 0 aromatic heterocycles. The molecule has 0 unspecified atom stereocenters. The maximum atomic E-state index is 10.2. The Labute approximate surface area is 95.1 Å². The van der Waals surface area contributed by atoms with Crippen molar-refractivity contribution in [3.63, 3.8) is 0 Å². The summed E-state index contributed by atoms with van der Waals surface area (Å²) in [6.07, 6.45) is 1.94. The van der Waals surface area contributed by atoms with Gasteiger partial charge in [0.1, 0.15) is 5.60 Å². The molecule has 0 fully saturated rings. The third-order valence-electron chi connectivity index (χ3n) is 0.862. The quantitative estimate of drug-likeness (QED) is 0.572. The van der Waals surface area contributed by atoms with Crippen LogP contribution in [0.15, 0.2) is 5.16 Å². The van der Waals surface area contributed by atoms with Crippen molar-refractivity contribution in [3.05, 3.63) is 6.43 Å². The molecule has 1 aliphatic heterocycles. The summed E-state index contributed by atoms with van der Waals surface area (Å²) in [5.41, 5.74) is -0.0833. The topological polar surface area (TPSA) is 21.6 Å². The van der Waals surface area contributed by atoms with E-state index >= 15 is 0 Å². The summed E-state index contributed by atoms with van der Waals surface area (Å²) in [6, 6.07) is 0. The van der Waals surface area contributed by atoms with Crippen molar-refractivity contribution in [2.24, 2.45) is 5.16 Å². The minimum absolute atomic E-state index is 0. The normalized spacial score (nSPS) is 17.5. The zero-order chi connectivity index (χ0) is 8.91. The van der Waals surface area contributed by atoms with Crippen molar-refractivity contribution in [3.8, 4) is 0 Å². The van der Waals surface area contributed by atoms with Gasteiger partial charge in [-0.05, 0) is 20.3 Å². The van der Waals surface area contributed by atoms with E-state index in [1.54, 1.807) is 0 Å². The van der Waals surface area contributed by atoms with Crippen LogP contribution >= 0.6 is 0 Å². The van der Waals surface area contributed by atoms with Crippen LogP contribution in [-0.2, 0) is 4.84 Å². The molecular formula is C7H11F2NOU. The molecule has 1 aliphatic rings. The molecule has 0 spiro atoms. The van der Waals surface area contributed by atoms with Crippen molar-refractivity contribution < 1.29 is 44.7 Å². The van der Waals surface area contributed by atoms with Crippen molar-refractivity contribution >= 4 is 6.21 Å². The van der Waals surface area contributed by atoms with E-state index in [4.69, 9.17) is 4.84 Å². The van der Waals surface area contributed by atoms with Gasteiger partial charge in [-0.25, -0.2) is 0 Å². The average Bonchev–Trinajstić information content (AvgIpc) is 2.11. The maximum absolute atomic E-state index is 10.2. The molecule has 5 heteroatoms. The van der Waals surface area contributed by atoms with Crippen LogP contribution in [0.3, 0.4) is 0 Å². The van der Waals surface area contributed by atoms with Crippen LogP contribution in [0, 0.1) is 37.5 Å². The van der Waals surface area contributed by atoms with Crippen LogP contribution in [0.2, 0.25) is 0 Å². The van der Waals surface area contributed by atoms with Crippen molar-refractivity contribution in [1.82, 2.24) is 0 Å². The molecule has 1 rings (SSSR count). The third kappa shape index (κ3) is 10.4. The Morgan fingerprint density at radius 3 is 2.00 bits per heavy atom. The minimum Gasteiger partial charge on any atom is -0.429 e. The van der Waals surface area contributed by atoms with Gasteiger partial charge < -0.3 is 25.0 Å².